The predicted octanol–water partition coefficient (Wildman–Crippen LogP) is 3.94. The number of allylic oxidation sites excluding steroid dienone is 1. The first-order chi connectivity index (χ1) is 17.4. The molecule has 1 aromatic heterocycles. The van der Waals surface area contributed by atoms with Crippen LogP contribution >= 0.6 is 0 Å². The van der Waals surface area contributed by atoms with Crippen molar-refractivity contribution >= 4 is 28.9 Å². The quantitative estimate of drug-likeness (QED) is 0.250. The van der Waals surface area contributed by atoms with E-state index < -0.39 is 5.92 Å². The van der Waals surface area contributed by atoms with E-state index in [0.29, 0.717) is 28.4 Å². The van der Waals surface area contributed by atoms with E-state index in [2.05, 4.69) is 0 Å². The summed E-state index contributed by atoms with van der Waals surface area (Å²) < 4.78 is 20.0. The van der Waals surface area contributed by atoms with Crippen LogP contribution < -0.4 is 19.9 Å². The van der Waals surface area contributed by atoms with Gasteiger partial charge < -0.3 is 14.2 Å². The second kappa shape index (κ2) is 7.98. The lowest BCUT2D eigenvalue weighted by Crippen LogP contribution is -2.21. The Balaban J connectivity index is 1.46. The Bertz CT molecular complexity index is 1670. The van der Waals surface area contributed by atoms with E-state index in [-0.39, 0.29) is 29.6 Å². The van der Waals surface area contributed by atoms with Gasteiger partial charge in [-0.15, -0.1) is 0 Å². The Morgan fingerprint density at radius 1 is 0.917 bits per heavy atom. The van der Waals surface area contributed by atoms with Crippen LogP contribution in [-0.2, 0) is 18.9 Å². The van der Waals surface area contributed by atoms with Crippen LogP contribution in [0.25, 0.3) is 17.1 Å². The topological polar surface area (TPSA) is 88.8 Å². The molecule has 2 aliphatic heterocycles. The molecule has 1 unspecified atom stereocenters. The Kier molecular flexibility index (Phi) is 4.86. The number of fused-ring (bicyclic) bond motifs is 4. The lowest BCUT2D eigenvalue weighted by atomic mass is 9.84. The summed E-state index contributed by atoms with van der Waals surface area (Å²) in [5.41, 5.74) is 4.11. The third kappa shape index (κ3) is 3.25. The third-order valence-corrected chi connectivity index (χ3v) is 6.89. The molecule has 0 N–H and O–H groups in total. The number of hydrogen-bond donors (Lipinski definition) is 0. The predicted molar refractivity (Wildman–Crippen MR) is 133 cm³/mol. The molecule has 1 atom stereocenters. The first-order valence-electron chi connectivity index (χ1n) is 11.5. The summed E-state index contributed by atoms with van der Waals surface area (Å²) in [7, 11) is 5.03. The van der Waals surface area contributed by atoms with Crippen molar-refractivity contribution < 1.29 is 23.8 Å². The highest BCUT2D eigenvalue weighted by atomic mass is 16.5. The van der Waals surface area contributed by atoms with Crippen molar-refractivity contribution in [3.8, 4) is 17.2 Å². The normalized spacial score (nSPS) is 17.6. The molecule has 0 saturated heterocycles. The molecule has 0 spiro atoms. The zero-order valence-corrected chi connectivity index (χ0v) is 19.9. The SMILES string of the molecule is COc1ccc(C=C2Oc3c(ccc4c3C(c3ccc5c(c3)n(C)c(=O)n5C)CC(=O)O4)C2=O)cc1. The first-order valence-corrected chi connectivity index (χ1v) is 11.5. The van der Waals surface area contributed by atoms with Gasteiger partial charge in [0.2, 0.25) is 5.78 Å². The molecule has 6 rings (SSSR count). The summed E-state index contributed by atoms with van der Waals surface area (Å²) in [6.07, 6.45) is 1.77. The Morgan fingerprint density at radius 2 is 1.67 bits per heavy atom. The van der Waals surface area contributed by atoms with Crippen LogP contribution in [0.5, 0.6) is 17.2 Å². The van der Waals surface area contributed by atoms with Gasteiger partial charge in [0.15, 0.2) is 5.76 Å². The van der Waals surface area contributed by atoms with E-state index in [4.69, 9.17) is 14.2 Å². The van der Waals surface area contributed by atoms with Gasteiger partial charge in [0, 0.05) is 25.6 Å². The standard InChI is InChI=1S/C28H22N2O6/c1-29-20-10-6-16(13-21(20)30(2)28(29)33)19-14-24(31)35-22-11-9-18-26(32)23(36-27(18)25(19)22)12-15-4-7-17(34-3)8-5-15/h4-13,19H,14H2,1-3H3. The van der Waals surface area contributed by atoms with Crippen LogP contribution in [-0.4, -0.2) is 28.0 Å². The van der Waals surface area contributed by atoms with E-state index in [9.17, 15) is 14.4 Å². The fourth-order valence-electron chi connectivity index (χ4n) is 4.98. The molecule has 36 heavy (non-hydrogen) atoms. The van der Waals surface area contributed by atoms with Crippen molar-refractivity contribution in [2.45, 2.75) is 12.3 Å². The van der Waals surface area contributed by atoms with E-state index in [1.54, 1.807) is 48.5 Å². The number of Topliss-reactive ketones (excluding diaryl/α,β-unsaturated/α-hetero) is 1. The third-order valence-electron chi connectivity index (χ3n) is 6.89. The number of esters is 1. The molecule has 0 radical (unpaired) electrons. The van der Waals surface area contributed by atoms with Gasteiger partial charge in [0.05, 0.1) is 30.1 Å². The summed E-state index contributed by atoms with van der Waals surface area (Å²) in [6, 6.07) is 16.3. The molecule has 0 amide bonds. The molecule has 3 aromatic carbocycles. The van der Waals surface area contributed by atoms with Crippen LogP contribution in [0.4, 0.5) is 0 Å². The van der Waals surface area contributed by atoms with Crippen LogP contribution in [0.3, 0.4) is 0 Å². The second-order valence-electron chi connectivity index (χ2n) is 8.95. The molecular weight excluding hydrogens is 460 g/mol. The van der Waals surface area contributed by atoms with Crippen molar-refractivity contribution in [1.29, 1.82) is 0 Å². The maximum Gasteiger partial charge on any atom is 0.328 e. The first kappa shape index (κ1) is 21.9. The van der Waals surface area contributed by atoms with Crippen molar-refractivity contribution in [1.82, 2.24) is 9.13 Å². The number of carbonyl (C=O) groups excluding carboxylic acids is 2. The van der Waals surface area contributed by atoms with Gasteiger partial charge in [-0.2, -0.15) is 0 Å². The second-order valence-corrected chi connectivity index (χ2v) is 8.95. The summed E-state index contributed by atoms with van der Waals surface area (Å²) in [5.74, 6) is 0.676. The van der Waals surface area contributed by atoms with Gasteiger partial charge in [0.1, 0.15) is 17.2 Å². The van der Waals surface area contributed by atoms with Crippen molar-refractivity contribution in [2.75, 3.05) is 7.11 Å². The molecule has 0 saturated carbocycles. The number of nitrogens with zero attached hydrogens (tertiary/aromatic N) is 2. The van der Waals surface area contributed by atoms with Crippen molar-refractivity contribution in [3.63, 3.8) is 0 Å². The number of imidazole rings is 1. The van der Waals surface area contributed by atoms with Gasteiger partial charge >= 0.3 is 11.7 Å². The number of benzene rings is 3. The van der Waals surface area contributed by atoms with Crippen LogP contribution in [0.15, 0.2) is 65.2 Å². The van der Waals surface area contributed by atoms with Crippen molar-refractivity contribution in [3.05, 3.63) is 93.1 Å². The summed E-state index contributed by atoms with van der Waals surface area (Å²) >= 11 is 0. The van der Waals surface area contributed by atoms with Crippen LogP contribution in [0.1, 0.15) is 39.4 Å². The fourth-order valence-corrected chi connectivity index (χ4v) is 4.98. The monoisotopic (exact) mass is 482 g/mol. The molecule has 2 aliphatic rings. The number of hydrogen-bond acceptors (Lipinski definition) is 6. The maximum absolute atomic E-state index is 13.2. The van der Waals surface area contributed by atoms with E-state index in [1.165, 1.54) is 0 Å². The summed E-state index contributed by atoms with van der Waals surface area (Å²) in [4.78, 5) is 38.1. The highest BCUT2D eigenvalue weighted by molar-refractivity contribution is 6.15. The molecule has 8 heteroatoms. The highest BCUT2D eigenvalue weighted by Gasteiger charge is 2.38. The molecule has 180 valence electrons. The van der Waals surface area contributed by atoms with Gasteiger partial charge in [0.25, 0.3) is 0 Å². The van der Waals surface area contributed by atoms with E-state index in [1.807, 2.05) is 42.5 Å². The average Bonchev–Trinajstić information content (AvgIpc) is 3.32. The zero-order chi connectivity index (χ0) is 25.1. The number of ether oxygens (including phenoxy) is 3. The number of ketones is 1. The largest absolute Gasteiger partial charge is 0.497 e. The van der Waals surface area contributed by atoms with Gasteiger partial charge in [-0.05, 0) is 53.6 Å². The number of aromatic nitrogens is 2. The minimum absolute atomic E-state index is 0.0881. The minimum Gasteiger partial charge on any atom is -0.497 e. The van der Waals surface area contributed by atoms with Gasteiger partial charge in [-0.1, -0.05) is 18.2 Å². The zero-order valence-electron chi connectivity index (χ0n) is 19.9. The Labute approximate surface area is 205 Å². The Hall–Kier alpha value is -4.59. The number of carbonyl (C=O) groups is 2. The average molecular weight is 482 g/mol. The molecule has 4 aromatic rings. The van der Waals surface area contributed by atoms with E-state index >= 15 is 0 Å². The maximum atomic E-state index is 13.2. The lowest BCUT2D eigenvalue weighted by molar-refractivity contribution is -0.135. The number of methoxy groups -OCH3 is 1. The molecule has 8 nitrogen and oxygen atoms in total. The molecule has 0 aliphatic carbocycles. The highest BCUT2D eigenvalue weighted by Crippen LogP contribution is 2.49. The fraction of sp³-hybridized carbons (Fsp3) is 0.179. The van der Waals surface area contributed by atoms with Gasteiger partial charge in [-0.3, -0.25) is 18.7 Å². The Morgan fingerprint density at radius 3 is 2.42 bits per heavy atom. The number of rotatable bonds is 3. The number of aryl methyl sites for hydroxylation is 2. The van der Waals surface area contributed by atoms with Crippen LogP contribution in [0, 0.1) is 0 Å². The van der Waals surface area contributed by atoms with Gasteiger partial charge in [-0.25, -0.2) is 4.79 Å². The molecule has 3 heterocycles. The summed E-state index contributed by atoms with van der Waals surface area (Å²) in [6.45, 7) is 0. The smallest absolute Gasteiger partial charge is 0.328 e. The summed E-state index contributed by atoms with van der Waals surface area (Å²) in [5, 5.41) is 0. The molecule has 0 bridgehead atoms. The van der Waals surface area contributed by atoms with Crippen molar-refractivity contribution in [2.24, 2.45) is 14.1 Å². The molecule has 0 fully saturated rings. The lowest BCUT2D eigenvalue weighted by Gasteiger charge is -2.26. The van der Waals surface area contributed by atoms with E-state index in [0.717, 1.165) is 22.2 Å². The van der Waals surface area contributed by atoms with Crippen LogP contribution in [0.2, 0.25) is 0 Å². The minimum atomic E-state index is -0.399. The molecular formula is C28H22N2O6.